The van der Waals surface area contributed by atoms with Crippen LogP contribution in [0.1, 0.15) is 21.9 Å². The summed E-state index contributed by atoms with van der Waals surface area (Å²) in [4.78, 5) is 1.34. The van der Waals surface area contributed by atoms with Gasteiger partial charge in [0.2, 0.25) is 0 Å². The molecule has 0 aliphatic carbocycles. The van der Waals surface area contributed by atoms with E-state index in [-0.39, 0.29) is 12.5 Å². The summed E-state index contributed by atoms with van der Waals surface area (Å²) in [6.07, 6.45) is 0.930. The van der Waals surface area contributed by atoms with E-state index in [0.717, 1.165) is 6.42 Å². The Morgan fingerprint density at radius 1 is 1.19 bits per heavy atom. The van der Waals surface area contributed by atoms with Crippen molar-refractivity contribution in [2.24, 2.45) is 0 Å². The molecule has 0 saturated carbocycles. The molecule has 0 fully saturated rings. The highest BCUT2D eigenvalue weighted by molar-refractivity contribution is 7.09. The van der Waals surface area contributed by atoms with Crippen molar-refractivity contribution in [2.45, 2.75) is 19.3 Å². The third-order valence-electron chi connectivity index (χ3n) is 2.88. The highest BCUT2D eigenvalue weighted by Gasteiger charge is 2.13. The van der Waals surface area contributed by atoms with Crippen LogP contribution in [-0.2, 0) is 6.42 Å². The molecule has 1 heterocycles. The lowest BCUT2D eigenvalue weighted by atomic mass is 9.92. The molecule has 1 atom stereocenters. The van der Waals surface area contributed by atoms with Gasteiger partial charge in [-0.1, -0.05) is 30.3 Å². The van der Waals surface area contributed by atoms with Gasteiger partial charge in [-0.3, -0.25) is 0 Å². The van der Waals surface area contributed by atoms with Crippen LogP contribution in [0.5, 0.6) is 0 Å². The zero-order valence-corrected chi connectivity index (χ0v) is 10.2. The molecule has 0 radical (unpaired) electrons. The van der Waals surface area contributed by atoms with Crippen molar-refractivity contribution in [1.29, 1.82) is 0 Å². The van der Waals surface area contributed by atoms with Crippen molar-refractivity contribution >= 4 is 11.3 Å². The lowest BCUT2D eigenvalue weighted by Crippen LogP contribution is -2.08. The van der Waals surface area contributed by atoms with E-state index in [4.69, 9.17) is 0 Å². The van der Waals surface area contributed by atoms with Crippen LogP contribution in [-0.4, -0.2) is 11.7 Å². The second-order valence-electron chi connectivity index (χ2n) is 4.02. The Labute approximate surface area is 100 Å². The molecule has 16 heavy (non-hydrogen) atoms. The summed E-state index contributed by atoms with van der Waals surface area (Å²) >= 11 is 1.76. The number of hydrogen-bond acceptors (Lipinski definition) is 2. The fourth-order valence-electron chi connectivity index (χ4n) is 1.99. The number of aliphatic hydroxyl groups excluding tert-OH is 1. The molecular weight excluding hydrogens is 216 g/mol. The summed E-state index contributed by atoms with van der Waals surface area (Å²) in [5, 5.41) is 11.6. The fourth-order valence-corrected chi connectivity index (χ4v) is 2.78. The molecule has 0 amide bonds. The number of rotatable bonds is 4. The quantitative estimate of drug-likeness (QED) is 0.857. The van der Waals surface area contributed by atoms with Crippen molar-refractivity contribution in [2.75, 3.05) is 6.61 Å². The van der Waals surface area contributed by atoms with Crippen molar-refractivity contribution in [3.05, 3.63) is 57.8 Å². The molecule has 1 N–H and O–H groups in total. The molecule has 2 heteroatoms. The minimum absolute atomic E-state index is 0.211. The molecule has 0 bridgehead atoms. The Kier molecular flexibility index (Phi) is 3.75. The summed E-state index contributed by atoms with van der Waals surface area (Å²) in [6.45, 7) is 2.31. The second-order valence-corrected chi connectivity index (χ2v) is 5.05. The Balaban J connectivity index is 2.20. The van der Waals surface area contributed by atoms with Gasteiger partial charge in [-0.15, -0.1) is 11.3 Å². The summed E-state index contributed by atoms with van der Waals surface area (Å²) < 4.78 is 0. The lowest BCUT2D eigenvalue weighted by Gasteiger charge is -2.16. The first-order valence-electron chi connectivity index (χ1n) is 5.50. The van der Waals surface area contributed by atoms with Crippen LogP contribution in [0.2, 0.25) is 0 Å². The number of aryl methyl sites for hydroxylation is 1. The normalized spacial score (nSPS) is 12.6. The van der Waals surface area contributed by atoms with Crippen LogP contribution in [0.25, 0.3) is 0 Å². The highest BCUT2D eigenvalue weighted by atomic mass is 32.1. The van der Waals surface area contributed by atoms with Crippen molar-refractivity contribution in [3.63, 3.8) is 0 Å². The first kappa shape index (κ1) is 11.4. The maximum atomic E-state index is 9.51. The summed E-state index contributed by atoms with van der Waals surface area (Å²) in [6, 6.07) is 12.5. The predicted octanol–water partition coefficient (Wildman–Crippen LogP) is 3.38. The predicted molar refractivity (Wildman–Crippen MR) is 69.0 cm³/mol. The van der Waals surface area contributed by atoms with Gasteiger partial charge in [0.25, 0.3) is 0 Å². The standard InChI is InChI=1S/C14H16OS/c1-11-5-2-3-7-14(11)12(10-15)9-13-6-4-8-16-13/h2-8,12,15H,9-10H2,1H3. The molecular formula is C14H16OS. The molecule has 0 spiro atoms. The number of hydrogen-bond donors (Lipinski definition) is 1. The van der Waals surface area contributed by atoms with Gasteiger partial charge in [-0.2, -0.15) is 0 Å². The van der Waals surface area contributed by atoms with E-state index in [9.17, 15) is 5.11 Å². The third kappa shape index (κ3) is 2.52. The monoisotopic (exact) mass is 232 g/mol. The minimum Gasteiger partial charge on any atom is -0.396 e. The Morgan fingerprint density at radius 3 is 2.62 bits per heavy atom. The van der Waals surface area contributed by atoms with Crippen molar-refractivity contribution in [3.8, 4) is 0 Å². The van der Waals surface area contributed by atoms with Crippen LogP contribution in [0.15, 0.2) is 41.8 Å². The van der Waals surface area contributed by atoms with Gasteiger partial charge in [-0.05, 0) is 35.9 Å². The van der Waals surface area contributed by atoms with Crippen molar-refractivity contribution < 1.29 is 5.11 Å². The maximum Gasteiger partial charge on any atom is 0.0503 e. The van der Waals surface area contributed by atoms with E-state index in [1.165, 1.54) is 16.0 Å². The minimum atomic E-state index is 0.211. The van der Waals surface area contributed by atoms with Gasteiger partial charge < -0.3 is 5.11 Å². The van der Waals surface area contributed by atoms with E-state index in [1.54, 1.807) is 11.3 Å². The maximum absolute atomic E-state index is 9.51. The SMILES string of the molecule is Cc1ccccc1C(CO)Cc1cccs1. The van der Waals surface area contributed by atoms with E-state index >= 15 is 0 Å². The Bertz CT molecular complexity index is 434. The molecule has 2 rings (SSSR count). The number of benzene rings is 1. The fraction of sp³-hybridized carbons (Fsp3) is 0.286. The van der Waals surface area contributed by atoms with Gasteiger partial charge in [-0.25, -0.2) is 0 Å². The van der Waals surface area contributed by atoms with Gasteiger partial charge in [0.1, 0.15) is 0 Å². The van der Waals surface area contributed by atoms with E-state index in [1.807, 2.05) is 12.1 Å². The average molecular weight is 232 g/mol. The first-order valence-corrected chi connectivity index (χ1v) is 6.38. The molecule has 2 aromatic rings. The van der Waals surface area contributed by atoms with Gasteiger partial charge in [0.15, 0.2) is 0 Å². The van der Waals surface area contributed by atoms with Crippen molar-refractivity contribution in [1.82, 2.24) is 0 Å². The van der Waals surface area contributed by atoms with Crippen LogP contribution in [0.4, 0.5) is 0 Å². The molecule has 0 saturated heterocycles. The van der Waals surface area contributed by atoms with Crippen LogP contribution >= 0.6 is 11.3 Å². The molecule has 1 unspecified atom stereocenters. The summed E-state index contributed by atoms with van der Waals surface area (Å²) in [5.74, 6) is 0.222. The Hall–Kier alpha value is -1.12. The smallest absolute Gasteiger partial charge is 0.0503 e. The largest absolute Gasteiger partial charge is 0.396 e. The van der Waals surface area contributed by atoms with Gasteiger partial charge in [0, 0.05) is 10.8 Å². The second kappa shape index (κ2) is 5.28. The molecule has 1 nitrogen and oxygen atoms in total. The summed E-state index contributed by atoms with van der Waals surface area (Å²) in [7, 11) is 0. The van der Waals surface area contributed by atoms with Crippen LogP contribution < -0.4 is 0 Å². The molecule has 1 aromatic carbocycles. The molecule has 1 aromatic heterocycles. The average Bonchev–Trinajstić information content (AvgIpc) is 2.80. The third-order valence-corrected chi connectivity index (χ3v) is 3.78. The van der Waals surface area contributed by atoms with Crippen LogP contribution in [0.3, 0.4) is 0 Å². The lowest BCUT2D eigenvalue weighted by molar-refractivity contribution is 0.264. The molecule has 0 aliphatic heterocycles. The Morgan fingerprint density at radius 2 is 2.00 bits per heavy atom. The van der Waals surface area contributed by atoms with Gasteiger partial charge in [0.05, 0.1) is 6.61 Å². The highest BCUT2D eigenvalue weighted by Crippen LogP contribution is 2.25. The van der Waals surface area contributed by atoms with Gasteiger partial charge >= 0.3 is 0 Å². The zero-order chi connectivity index (χ0) is 11.4. The number of aliphatic hydroxyl groups is 1. The first-order chi connectivity index (χ1) is 7.81. The zero-order valence-electron chi connectivity index (χ0n) is 9.39. The van der Waals surface area contributed by atoms with E-state index in [0.29, 0.717) is 0 Å². The molecule has 84 valence electrons. The van der Waals surface area contributed by atoms with E-state index in [2.05, 4.69) is 36.6 Å². The topological polar surface area (TPSA) is 20.2 Å². The number of thiophene rings is 1. The van der Waals surface area contributed by atoms with Crippen LogP contribution in [0, 0.1) is 6.92 Å². The van der Waals surface area contributed by atoms with E-state index < -0.39 is 0 Å². The molecule has 0 aliphatic rings. The summed E-state index contributed by atoms with van der Waals surface area (Å²) in [5.41, 5.74) is 2.52.